The maximum absolute atomic E-state index is 12.3. The number of rotatable bonds is 6. The van der Waals surface area contributed by atoms with E-state index in [0.717, 1.165) is 0 Å². The summed E-state index contributed by atoms with van der Waals surface area (Å²) in [4.78, 5) is 0. The molecule has 21 heavy (non-hydrogen) atoms. The van der Waals surface area contributed by atoms with E-state index in [-0.39, 0.29) is 5.75 Å². The number of halogens is 2. The first kappa shape index (κ1) is 15.2. The maximum atomic E-state index is 12.3. The molecular weight excluding hydrogens is 280 g/mol. The molecule has 0 aliphatic rings. The highest BCUT2D eigenvalue weighted by atomic mass is 19.3. The zero-order valence-electron chi connectivity index (χ0n) is 11.8. The van der Waals surface area contributed by atoms with Crippen LogP contribution in [0.1, 0.15) is 24.2 Å². The van der Waals surface area contributed by atoms with Gasteiger partial charge in [0.05, 0.1) is 19.3 Å². The summed E-state index contributed by atoms with van der Waals surface area (Å²) in [5.41, 5.74) is 7.56. The van der Waals surface area contributed by atoms with Crippen molar-refractivity contribution in [3.8, 4) is 11.5 Å². The smallest absolute Gasteiger partial charge is 0.387 e. The molecule has 7 heteroatoms. The molecule has 0 aliphatic heterocycles. The van der Waals surface area contributed by atoms with Gasteiger partial charge < -0.3 is 15.2 Å². The van der Waals surface area contributed by atoms with Gasteiger partial charge in [0, 0.05) is 6.54 Å². The third-order valence-corrected chi connectivity index (χ3v) is 3.10. The van der Waals surface area contributed by atoms with Crippen molar-refractivity contribution in [3.63, 3.8) is 0 Å². The molecule has 1 aromatic carbocycles. The minimum Gasteiger partial charge on any atom is -0.493 e. The number of ether oxygens (including phenoxy) is 2. The van der Waals surface area contributed by atoms with Crippen LogP contribution in [0.2, 0.25) is 0 Å². The van der Waals surface area contributed by atoms with Gasteiger partial charge in [-0.25, -0.2) is 0 Å². The summed E-state index contributed by atoms with van der Waals surface area (Å²) < 4.78 is 35.9. The molecule has 0 spiro atoms. The van der Waals surface area contributed by atoms with E-state index in [1.807, 2.05) is 6.92 Å². The Bertz CT molecular complexity index is 580. The van der Waals surface area contributed by atoms with Crippen molar-refractivity contribution in [1.29, 1.82) is 0 Å². The number of aryl methyl sites for hydroxylation is 1. The SMILES string of the molecule is CCn1ncc(OC)c1C(N)c1cccc(OC(F)F)c1. The molecular formula is C14H17F2N3O2. The fraction of sp³-hybridized carbons (Fsp3) is 0.357. The molecule has 0 fully saturated rings. The molecule has 114 valence electrons. The first-order valence-electron chi connectivity index (χ1n) is 6.46. The molecule has 2 aromatic rings. The van der Waals surface area contributed by atoms with Gasteiger partial charge in [-0.1, -0.05) is 12.1 Å². The van der Waals surface area contributed by atoms with E-state index >= 15 is 0 Å². The van der Waals surface area contributed by atoms with Crippen molar-refractivity contribution in [2.45, 2.75) is 26.1 Å². The highest BCUT2D eigenvalue weighted by Gasteiger charge is 2.20. The first-order valence-corrected chi connectivity index (χ1v) is 6.46. The number of aromatic nitrogens is 2. The number of nitrogens with zero attached hydrogens (tertiary/aromatic N) is 2. The van der Waals surface area contributed by atoms with Gasteiger partial charge in [0.2, 0.25) is 0 Å². The largest absolute Gasteiger partial charge is 0.493 e. The predicted octanol–water partition coefficient (Wildman–Crippen LogP) is 2.56. The molecule has 0 radical (unpaired) electrons. The lowest BCUT2D eigenvalue weighted by Gasteiger charge is -2.16. The molecule has 0 amide bonds. The lowest BCUT2D eigenvalue weighted by atomic mass is 10.0. The molecule has 2 N–H and O–H groups in total. The van der Waals surface area contributed by atoms with E-state index < -0.39 is 12.7 Å². The van der Waals surface area contributed by atoms with Gasteiger partial charge in [-0.2, -0.15) is 13.9 Å². The summed E-state index contributed by atoms with van der Waals surface area (Å²) in [6.07, 6.45) is 1.58. The average molecular weight is 297 g/mol. The van der Waals surface area contributed by atoms with Crippen LogP contribution < -0.4 is 15.2 Å². The fourth-order valence-electron chi connectivity index (χ4n) is 2.14. The number of nitrogens with two attached hydrogens (primary N) is 1. The Kier molecular flexibility index (Phi) is 4.74. The van der Waals surface area contributed by atoms with Crippen LogP contribution in [-0.2, 0) is 6.54 Å². The van der Waals surface area contributed by atoms with E-state index in [9.17, 15) is 8.78 Å². The topological polar surface area (TPSA) is 62.3 Å². The van der Waals surface area contributed by atoms with E-state index in [0.29, 0.717) is 23.6 Å². The summed E-state index contributed by atoms with van der Waals surface area (Å²) in [6, 6.07) is 5.75. The Labute approximate surface area is 121 Å². The van der Waals surface area contributed by atoms with Gasteiger partial charge in [-0.05, 0) is 24.6 Å². The zero-order chi connectivity index (χ0) is 15.4. The number of benzene rings is 1. The number of hydrogen-bond acceptors (Lipinski definition) is 4. The van der Waals surface area contributed by atoms with Crippen LogP contribution in [0.15, 0.2) is 30.5 Å². The Morgan fingerprint density at radius 3 is 2.76 bits per heavy atom. The van der Waals surface area contributed by atoms with Crippen LogP contribution in [0.25, 0.3) is 0 Å². The van der Waals surface area contributed by atoms with Crippen LogP contribution in [0.3, 0.4) is 0 Å². The van der Waals surface area contributed by atoms with Crippen LogP contribution in [0, 0.1) is 0 Å². The van der Waals surface area contributed by atoms with Crippen molar-refractivity contribution in [1.82, 2.24) is 9.78 Å². The second kappa shape index (κ2) is 6.53. The molecule has 1 atom stereocenters. The van der Waals surface area contributed by atoms with E-state index in [1.165, 1.54) is 19.2 Å². The summed E-state index contributed by atoms with van der Waals surface area (Å²) in [7, 11) is 1.53. The monoisotopic (exact) mass is 297 g/mol. The quantitative estimate of drug-likeness (QED) is 0.890. The second-order valence-electron chi connectivity index (χ2n) is 4.34. The Balaban J connectivity index is 2.35. The highest BCUT2D eigenvalue weighted by molar-refractivity contribution is 5.39. The van der Waals surface area contributed by atoms with Crippen molar-refractivity contribution in [3.05, 3.63) is 41.7 Å². The molecule has 0 bridgehead atoms. The molecule has 1 unspecified atom stereocenters. The molecule has 1 aromatic heterocycles. The Morgan fingerprint density at radius 2 is 2.14 bits per heavy atom. The van der Waals surface area contributed by atoms with E-state index in [4.69, 9.17) is 10.5 Å². The Hall–Kier alpha value is -2.15. The normalized spacial score (nSPS) is 12.5. The van der Waals surface area contributed by atoms with E-state index in [1.54, 1.807) is 23.0 Å². The maximum Gasteiger partial charge on any atom is 0.387 e. The Morgan fingerprint density at radius 1 is 1.38 bits per heavy atom. The predicted molar refractivity (Wildman–Crippen MR) is 73.6 cm³/mol. The number of alkyl halides is 2. The lowest BCUT2D eigenvalue weighted by Crippen LogP contribution is -2.18. The van der Waals surface area contributed by atoms with Crippen molar-refractivity contribution in [2.75, 3.05) is 7.11 Å². The molecule has 1 heterocycles. The van der Waals surface area contributed by atoms with Crippen LogP contribution in [-0.4, -0.2) is 23.5 Å². The summed E-state index contributed by atoms with van der Waals surface area (Å²) in [6.45, 7) is -0.314. The lowest BCUT2D eigenvalue weighted by molar-refractivity contribution is -0.0498. The number of hydrogen-bond donors (Lipinski definition) is 1. The van der Waals surface area contributed by atoms with Crippen molar-refractivity contribution < 1.29 is 18.3 Å². The van der Waals surface area contributed by atoms with Gasteiger partial charge in [-0.15, -0.1) is 0 Å². The van der Waals surface area contributed by atoms with E-state index in [2.05, 4.69) is 9.84 Å². The molecule has 0 saturated heterocycles. The summed E-state index contributed by atoms with van der Waals surface area (Å²) in [5.74, 6) is 0.629. The van der Waals surface area contributed by atoms with Crippen molar-refractivity contribution >= 4 is 0 Å². The highest BCUT2D eigenvalue weighted by Crippen LogP contribution is 2.30. The number of methoxy groups -OCH3 is 1. The van der Waals surface area contributed by atoms with Gasteiger partial charge in [-0.3, -0.25) is 4.68 Å². The first-order chi connectivity index (χ1) is 10.1. The summed E-state index contributed by atoms with van der Waals surface area (Å²) in [5, 5.41) is 4.18. The van der Waals surface area contributed by atoms with Crippen molar-refractivity contribution in [2.24, 2.45) is 5.73 Å². The van der Waals surface area contributed by atoms with Gasteiger partial charge in [0.25, 0.3) is 0 Å². The molecule has 0 saturated carbocycles. The van der Waals surface area contributed by atoms with Gasteiger partial charge in [0.1, 0.15) is 11.4 Å². The summed E-state index contributed by atoms with van der Waals surface area (Å²) >= 11 is 0. The second-order valence-corrected chi connectivity index (χ2v) is 4.34. The molecule has 2 rings (SSSR count). The minimum absolute atomic E-state index is 0.0690. The minimum atomic E-state index is -2.87. The van der Waals surface area contributed by atoms with Crippen LogP contribution >= 0.6 is 0 Å². The van der Waals surface area contributed by atoms with Gasteiger partial charge >= 0.3 is 6.61 Å². The zero-order valence-corrected chi connectivity index (χ0v) is 11.8. The standard InChI is InChI=1S/C14H17F2N3O2/c1-3-19-13(11(20-2)8-18-19)12(17)9-5-4-6-10(7-9)21-14(15)16/h4-8,12,14H,3,17H2,1-2H3. The van der Waals surface area contributed by atoms with Crippen LogP contribution in [0.4, 0.5) is 8.78 Å². The third kappa shape index (κ3) is 3.30. The third-order valence-electron chi connectivity index (χ3n) is 3.10. The molecule has 0 aliphatic carbocycles. The molecule has 5 nitrogen and oxygen atoms in total. The van der Waals surface area contributed by atoms with Gasteiger partial charge in [0.15, 0.2) is 5.75 Å². The van der Waals surface area contributed by atoms with Crippen LogP contribution in [0.5, 0.6) is 11.5 Å². The average Bonchev–Trinajstić information content (AvgIpc) is 2.89. The fourth-order valence-corrected chi connectivity index (χ4v) is 2.14.